The number of aliphatic hydroxyl groups excluding tert-OH is 1. The number of aliphatic hydroxyl groups is 1. The molecule has 0 saturated heterocycles. The molecular weight excluding hydrogens is 234 g/mol. The van der Waals surface area contributed by atoms with Gasteiger partial charge in [-0.25, -0.2) is 0 Å². The lowest BCUT2D eigenvalue weighted by atomic mass is 10.0. The zero-order valence-corrected chi connectivity index (χ0v) is 9.87. The fourth-order valence-corrected chi connectivity index (χ4v) is 1.69. The molecule has 1 unspecified atom stereocenters. The van der Waals surface area contributed by atoms with Crippen molar-refractivity contribution < 1.29 is 14.4 Å². The maximum Gasteiger partial charge on any atom is 0.433 e. The van der Waals surface area contributed by atoms with E-state index in [4.69, 9.17) is 4.42 Å². The molecule has 5 heteroatoms. The highest BCUT2D eigenvalue weighted by Gasteiger charge is 2.19. The fourth-order valence-electron chi connectivity index (χ4n) is 1.69. The van der Waals surface area contributed by atoms with Crippen LogP contribution in [0, 0.1) is 10.1 Å². The Hall–Kier alpha value is -2.14. The minimum absolute atomic E-state index is 0.172. The van der Waals surface area contributed by atoms with E-state index in [2.05, 4.69) is 0 Å². The second-order valence-corrected chi connectivity index (χ2v) is 3.93. The molecule has 0 radical (unpaired) electrons. The number of rotatable bonds is 4. The average molecular weight is 247 g/mol. The molecule has 0 fully saturated rings. The number of benzene rings is 1. The number of hydrogen-bond donors (Lipinski definition) is 1. The van der Waals surface area contributed by atoms with Crippen LogP contribution >= 0.6 is 0 Å². The third-order valence-corrected chi connectivity index (χ3v) is 2.77. The van der Waals surface area contributed by atoms with Gasteiger partial charge in [0.25, 0.3) is 0 Å². The number of hydrogen-bond acceptors (Lipinski definition) is 4. The summed E-state index contributed by atoms with van der Waals surface area (Å²) >= 11 is 0. The third-order valence-electron chi connectivity index (χ3n) is 2.77. The summed E-state index contributed by atoms with van der Waals surface area (Å²) < 4.78 is 4.97. The molecule has 2 aromatic rings. The molecule has 5 nitrogen and oxygen atoms in total. The van der Waals surface area contributed by atoms with Gasteiger partial charge in [-0.15, -0.1) is 0 Å². The van der Waals surface area contributed by atoms with Crippen LogP contribution in [-0.2, 0) is 6.42 Å². The lowest BCUT2D eigenvalue weighted by Gasteiger charge is -2.08. The zero-order valence-electron chi connectivity index (χ0n) is 9.87. The third kappa shape index (κ3) is 2.41. The van der Waals surface area contributed by atoms with E-state index in [1.54, 1.807) is 12.1 Å². The van der Waals surface area contributed by atoms with E-state index in [9.17, 15) is 15.2 Å². The summed E-state index contributed by atoms with van der Waals surface area (Å²) in [4.78, 5) is 9.86. The number of nitrogens with zero attached hydrogens (tertiary/aromatic N) is 1. The maximum atomic E-state index is 10.5. The van der Waals surface area contributed by atoms with Gasteiger partial charge in [0, 0.05) is 0 Å². The molecule has 0 aliphatic carbocycles. The van der Waals surface area contributed by atoms with Crippen molar-refractivity contribution in [3.63, 3.8) is 0 Å². The van der Waals surface area contributed by atoms with E-state index in [0.29, 0.717) is 5.56 Å². The Bertz CT molecular complexity index is 544. The highest BCUT2D eigenvalue weighted by molar-refractivity contribution is 5.30. The first-order valence-corrected chi connectivity index (χ1v) is 5.63. The smallest absolute Gasteiger partial charge is 0.403 e. The molecule has 18 heavy (non-hydrogen) atoms. The average Bonchev–Trinajstić information content (AvgIpc) is 2.88. The molecule has 1 N–H and O–H groups in total. The largest absolute Gasteiger partial charge is 0.433 e. The van der Waals surface area contributed by atoms with Gasteiger partial charge < -0.3 is 9.52 Å². The standard InChI is InChI=1S/C13H13NO4/c1-2-9-3-5-10(6-4-9)13(15)11-7-8-12(18-11)14(16)17/h3-8,13,15H,2H2,1H3. The fraction of sp³-hybridized carbons (Fsp3) is 0.231. The molecule has 94 valence electrons. The predicted molar refractivity (Wildman–Crippen MR) is 65.2 cm³/mol. The van der Waals surface area contributed by atoms with Gasteiger partial charge >= 0.3 is 5.88 Å². The molecule has 0 saturated carbocycles. The van der Waals surface area contributed by atoms with Gasteiger partial charge in [-0.05, 0) is 23.6 Å². The van der Waals surface area contributed by atoms with Crippen molar-refractivity contribution in [2.45, 2.75) is 19.4 Å². The van der Waals surface area contributed by atoms with Crippen LogP contribution in [0.4, 0.5) is 5.88 Å². The summed E-state index contributed by atoms with van der Waals surface area (Å²) in [7, 11) is 0. The molecule has 1 heterocycles. The van der Waals surface area contributed by atoms with Crippen LogP contribution in [-0.4, -0.2) is 10.0 Å². The van der Waals surface area contributed by atoms with Crippen molar-refractivity contribution in [2.24, 2.45) is 0 Å². The van der Waals surface area contributed by atoms with E-state index in [1.807, 2.05) is 19.1 Å². The summed E-state index contributed by atoms with van der Waals surface area (Å²) in [5, 5.41) is 20.5. The van der Waals surface area contributed by atoms with Gasteiger partial charge in [0.05, 0.1) is 6.07 Å². The van der Waals surface area contributed by atoms with E-state index >= 15 is 0 Å². The molecular formula is C13H13NO4. The van der Waals surface area contributed by atoms with Crippen molar-refractivity contribution in [3.8, 4) is 0 Å². The zero-order chi connectivity index (χ0) is 13.1. The van der Waals surface area contributed by atoms with E-state index in [0.717, 1.165) is 12.0 Å². The summed E-state index contributed by atoms with van der Waals surface area (Å²) in [6.45, 7) is 2.04. The van der Waals surface area contributed by atoms with Crippen LogP contribution in [0.5, 0.6) is 0 Å². The van der Waals surface area contributed by atoms with Crippen molar-refractivity contribution in [2.75, 3.05) is 0 Å². The first kappa shape index (κ1) is 12.3. The highest BCUT2D eigenvalue weighted by Crippen LogP contribution is 2.26. The molecule has 0 aliphatic rings. The summed E-state index contributed by atoms with van der Waals surface area (Å²) in [5.41, 5.74) is 1.81. The number of aryl methyl sites for hydroxylation is 1. The van der Waals surface area contributed by atoms with Gasteiger partial charge in [-0.3, -0.25) is 10.1 Å². The van der Waals surface area contributed by atoms with Crippen LogP contribution in [0.1, 0.15) is 29.9 Å². The van der Waals surface area contributed by atoms with E-state index in [-0.39, 0.29) is 11.6 Å². The normalized spacial score (nSPS) is 12.3. The molecule has 0 amide bonds. The molecule has 0 bridgehead atoms. The van der Waals surface area contributed by atoms with Crippen molar-refractivity contribution in [3.05, 3.63) is 63.4 Å². The highest BCUT2D eigenvalue weighted by atomic mass is 16.6. The summed E-state index contributed by atoms with van der Waals surface area (Å²) in [6, 6.07) is 10.1. The van der Waals surface area contributed by atoms with E-state index < -0.39 is 11.0 Å². The van der Waals surface area contributed by atoms with E-state index in [1.165, 1.54) is 12.1 Å². The summed E-state index contributed by atoms with van der Waals surface area (Å²) in [6.07, 6.45) is -0.0626. The Morgan fingerprint density at radius 2 is 1.94 bits per heavy atom. The maximum absolute atomic E-state index is 10.5. The first-order valence-electron chi connectivity index (χ1n) is 5.63. The van der Waals surface area contributed by atoms with Gasteiger partial charge in [0.1, 0.15) is 16.8 Å². The molecule has 0 aliphatic heterocycles. The predicted octanol–water partition coefficient (Wildman–Crippen LogP) is 2.83. The molecule has 0 spiro atoms. The molecule has 1 aromatic carbocycles. The minimum atomic E-state index is -0.982. The Morgan fingerprint density at radius 1 is 1.28 bits per heavy atom. The molecule has 1 atom stereocenters. The van der Waals surface area contributed by atoms with Crippen LogP contribution < -0.4 is 0 Å². The first-order chi connectivity index (χ1) is 8.61. The second-order valence-electron chi connectivity index (χ2n) is 3.93. The summed E-state index contributed by atoms with van der Waals surface area (Å²) in [5.74, 6) is -0.194. The SMILES string of the molecule is CCc1ccc(C(O)c2ccc([N+](=O)[O-])o2)cc1. The minimum Gasteiger partial charge on any atom is -0.403 e. The lowest BCUT2D eigenvalue weighted by molar-refractivity contribution is -0.402. The van der Waals surface area contributed by atoms with Gasteiger partial charge in [0.2, 0.25) is 0 Å². The van der Waals surface area contributed by atoms with Gasteiger partial charge in [-0.2, -0.15) is 0 Å². The second kappa shape index (κ2) is 5.01. The van der Waals surface area contributed by atoms with Gasteiger partial charge in [-0.1, -0.05) is 31.2 Å². The van der Waals surface area contributed by atoms with Crippen molar-refractivity contribution in [1.29, 1.82) is 0 Å². The Morgan fingerprint density at radius 3 is 2.44 bits per heavy atom. The Kier molecular flexibility index (Phi) is 3.43. The van der Waals surface area contributed by atoms with Crippen LogP contribution in [0.15, 0.2) is 40.8 Å². The van der Waals surface area contributed by atoms with Crippen LogP contribution in [0.25, 0.3) is 0 Å². The Labute approximate surface area is 104 Å². The van der Waals surface area contributed by atoms with Gasteiger partial charge in [0.15, 0.2) is 0 Å². The lowest BCUT2D eigenvalue weighted by Crippen LogP contribution is -1.98. The van der Waals surface area contributed by atoms with Crippen LogP contribution in [0.2, 0.25) is 0 Å². The van der Waals surface area contributed by atoms with Crippen molar-refractivity contribution in [1.82, 2.24) is 0 Å². The number of furan rings is 1. The number of nitro groups is 1. The van der Waals surface area contributed by atoms with Crippen LogP contribution in [0.3, 0.4) is 0 Å². The molecule has 1 aromatic heterocycles. The molecule has 2 rings (SSSR count). The quantitative estimate of drug-likeness (QED) is 0.665. The monoisotopic (exact) mass is 247 g/mol. The Balaban J connectivity index is 2.23. The topological polar surface area (TPSA) is 76.5 Å². The van der Waals surface area contributed by atoms with Crippen molar-refractivity contribution >= 4 is 5.88 Å².